The standard InChI is InChI=1S/C14H24O5.CH4/c1-5-8-17-10-14(7-3,11-18-9-6-2)12-19-13(15)16-4;/h5-6H,1-2,7-12H2,3-4H3;1H4. The number of methoxy groups -OCH3 is 1. The van der Waals surface area contributed by atoms with E-state index >= 15 is 0 Å². The van der Waals surface area contributed by atoms with Gasteiger partial charge < -0.3 is 18.9 Å². The highest BCUT2D eigenvalue weighted by Gasteiger charge is 2.31. The highest BCUT2D eigenvalue weighted by Crippen LogP contribution is 2.24. The first-order valence-corrected chi connectivity index (χ1v) is 6.22. The van der Waals surface area contributed by atoms with Crippen LogP contribution in [0.25, 0.3) is 0 Å². The van der Waals surface area contributed by atoms with Crippen LogP contribution in [0, 0.1) is 5.41 Å². The number of ether oxygens (including phenoxy) is 4. The average Bonchev–Trinajstić information content (AvgIpc) is 2.44. The molecule has 0 unspecified atom stereocenters. The molecule has 0 aliphatic heterocycles. The molecule has 0 bridgehead atoms. The Balaban J connectivity index is 0. The Hall–Kier alpha value is -1.33. The Morgan fingerprint density at radius 2 is 1.60 bits per heavy atom. The van der Waals surface area contributed by atoms with E-state index in [9.17, 15) is 4.79 Å². The molecule has 0 fully saturated rings. The van der Waals surface area contributed by atoms with E-state index in [1.807, 2.05) is 6.92 Å². The number of carbonyl (C=O) groups is 1. The quantitative estimate of drug-likeness (QED) is 0.332. The highest BCUT2D eigenvalue weighted by molar-refractivity contribution is 5.59. The van der Waals surface area contributed by atoms with Gasteiger partial charge in [0.25, 0.3) is 0 Å². The largest absolute Gasteiger partial charge is 0.508 e. The van der Waals surface area contributed by atoms with Crippen molar-refractivity contribution in [3.05, 3.63) is 25.3 Å². The molecule has 0 amide bonds. The van der Waals surface area contributed by atoms with Gasteiger partial charge in [0.1, 0.15) is 6.61 Å². The number of hydrogen-bond donors (Lipinski definition) is 0. The lowest BCUT2D eigenvalue weighted by atomic mass is 9.88. The van der Waals surface area contributed by atoms with E-state index in [1.54, 1.807) is 12.2 Å². The molecule has 0 N–H and O–H groups in total. The van der Waals surface area contributed by atoms with E-state index in [4.69, 9.17) is 14.2 Å². The fourth-order valence-corrected chi connectivity index (χ4v) is 1.42. The molecule has 0 aromatic rings. The van der Waals surface area contributed by atoms with Gasteiger partial charge in [-0.15, -0.1) is 13.2 Å². The predicted octanol–water partition coefficient (Wildman–Crippen LogP) is 3.21. The summed E-state index contributed by atoms with van der Waals surface area (Å²) in [5.74, 6) is 0. The fraction of sp³-hybridized carbons (Fsp3) is 0.667. The summed E-state index contributed by atoms with van der Waals surface area (Å²) < 4.78 is 20.5. The summed E-state index contributed by atoms with van der Waals surface area (Å²) in [6.07, 6.45) is 3.39. The molecule has 0 radical (unpaired) electrons. The molecule has 5 nitrogen and oxygen atoms in total. The zero-order valence-corrected chi connectivity index (χ0v) is 11.9. The van der Waals surface area contributed by atoms with Crippen molar-refractivity contribution < 1.29 is 23.7 Å². The third-order valence-electron chi connectivity index (χ3n) is 2.70. The molecule has 0 aromatic carbocycles. The van der Waals surface area contributed by atoms with Crippen LogP contribution in [0.15, 0.2) is 25.3 Å². The molecule has 5 heteroatoms. The van der Waals surface area contributed by atoms with Crippen molar-refractivity contribution in [3.63, 3.8) is 0 Å². The monoisotopic (exact) mass is 288 g/mol. The van der Waals surface area contributed by atoms with Crippen molar-refractivity contribution in [1.29, 1.82) is 0 Å². The summed E-state index contributed by atoms with van der Waals surface area (Å²) in [5.41, 5.74) is -0.389. The first-order chi connectivity index (χ1) is 9.14. The molecule has 0 saturated heterocycles. The van der Waals surface area contributed by atoms with Crippen LogP contribution >= 0.6 is 0 Å². The summed E-state index contributed by atoms with van der Waals surface area (Å²) >= 11 is 0. The van der Waals surface area contributed by atoms with E-state index in [1.165, 1.54) is 7.11 Å². The maximum Gasteiger partial charge on any atom is 0.508 e. The molecule has 118 valence electrons. The third kappa shape index (κ3) is 8.72. The van der Waals surface area contributed by atoms with Gasteiger partial charge >= 0.3 is 6.16 Å². The van der Waals surface area contributed by atoms with E-state index in [0.717, 1.165) is 6.42 Å². The summed E-state index contributed by atoms with van der Waals surface area (Å²) in [6, 6.07) is 0. The molecule has 0 heterocycles. The second kappa shape index (κ2) is 12.7. The van der Waals surface area contributed by atoms with Crippen LogP contribution in [0.4, 0.5) is 4.79 Å². The van der Waals surface area contributed by atoms with Crippen LogP contribution in [-0.4, -0.2) is 46.3 Å². The Labute approximate surface area is 122 Å². The zero-order valence-electron chi connectivity index (χ0n) is 11.9. The fourth-order valence-electron chi connectivity index (χ4n) is 1.42. The van der Waals surface area contributed by atoms with Gasteiger partial charge in [0.15, 0.2) is 0 Å². The number of carbonyl (C=O) groups excluding carboxylic acids is 1. The van der Waals surface area contributed by atoms with Gasteiger partial charge in [-0.25, -0.2) is 4.79 Å². The van der Waals surface area contributed by atoms with Gasteiger partial charge in [-0.2, -0.15) is 0 Å². The Morgan fingerprint density at radius 3 is 1.95 bits per heavy atom. The van der Waals surface area contributed by atoms with Crippen molar-refractivity contribution in [2.45, 2.75) is 20.8 Å². The topological polar surface area (TPSA) is 54.0 Å². The highest BCUT2D eigenvalue weighted by atomic mass is 16.7. The maximum absolute atomic E-state index is 11.1. The van der Waals surface area contributed by atoms with Gasteiger partial charge in [0.2, 0.25) is 0 Å². The van der Waals surface area contributed by atoms with Gasteiger partial charge in [0.05, 0.1) is 39.0 Å². The molecule has 0 aromatic heterocycles. The summed E-state index contributed by atoms with van der Waals surface area (Å²) in [7, 11) is 1.28. The molecular weight excluding hydrogens is 260 g/mol. The minimum absolute atomic E-state index is 0. The zero-order chi connectivity index (χ0) is 14.6. The van der Waals surface area contributed by atoms with Crippen molar-refractivity contribution in [2.75, 3.05) is 40.1 Å². The normalized spacial score (nSPS) is 10.3. The Morgan fingerprint density at radius 1 is 1.10 bits per heavy atom. The SMILES string of the molecule is C.C=CCOCC(CC)(COCC=C)COC(=O)OC. The molecule has 0 rings (SSSR count). The molecule has 0 spiro atoms. The van der Waals surface area contributed by atoms with Crippen LogP contribution in [0.2, 0.25) is 0 Å². The lowest BCUT2D eigenvalue weighted by molar-refractivity contribution is -0.0553. The second-order valence-corrected chi connectivity index (χ2v) is 4.20. The molecule has 0 aliphatic carbocycles. The van der Waals surface area contributed by atoms with Gasteiger partial charge in [-0.3, -0.25) is 0 Å². The Bertz CT molecular complexity index is 261. The van der Waals surface area contributed by atoms with E-state index in [0.29, 0.717) is 26.4 Å². The minimum atomic E-state index is -0.703. The molecule has 0 atom stereocenters. The maximum atomic E-state index is 11.1. The van der Waals surface area contributed by atoms with Crippen molar-refractivity contribution in [1.82, 2.24) is 0 Å². The lowest BCUT2D eigenvalue weighted by Crippen LogP contribution is -2.37. The van der Waals surface area contributed by atoms with Crippen molar-refractivity contribution in [2.24, 2.45) is 5.41 Å². The predicted molar refractivity (Wildman–Crippen MR) is 79.8 cm³/mol. The number of rotatable bonds is 11. The smallest absolute Gasteiger partial charge is 0.438 e. The van der Waals surface area contributed by atoms with Gasteiger partial charge in [0, 0.05) is 0 Å². The molecule has 0 aliphatic rings. The molecule has 0 saturated carbocycles. The van der Waals surface area contributed by atoms with Crippen LogP contribution < -0.4 is 0 Å². The van der Waals surface area contributed by atoms with Gasteiger partial charge in [-0.1, -0.05) is 26.5 Å². The van der Waals surface area contributed by atoms with Crippen LogP contribution in [0.1, 0.15) is 20.8 Å². The van der Waals surface area contributed by atoms with Crippen molar-refractivity contribution in [3.8, 4) is 0 Å². The van der Waals surface area contributed by atoms with E-state index < -0.39 is 6.16 Å². The van der Waals surface area contributed by atoms with Crippen LogP contribution in [0.5, 0.6) is 0 Å². The number of hydrogen-bond acceptors (Lipinski definition) is 5. The molecular formula is C15H28O5. The first-order valence-electron chi connectivity index (χ1n) is 6.22. The summed E-state index contributed by atoms with van der Waals surface area (Å²) in [6.45, 7) is 11.1. The molecule has 20 heavy (non-hydrogen) atoms. The van der Waals surface area contributed by atoms with Crippen molar-refractivity contribution >= 4 is 6.16 Å². The van der Waals surface area contributed by atoms with E-state index in [-0.39, 0.29) is 19.4 Å². The summed E-state index contributed by atoms with van der Waals surface area (Å²) in [5, 5.41) is 0. The minimum Gasteiger partial charge on any atom is -0.438 e. The first kappa shape index (κ1) is 21.0. The van der Waals surface area contributed by atoms with Gasteiger partial charge in [-0.05, 0) is 6.42 Å². The average molecular weight is 288 g/mol. The Kier molecular flexibility index (Phi) is 13.3. The summed E-state index contributed by atoms with van der Waals surface area (Å²) in [4.78, 5) is 11.1. The van der Waals surface area contributed by atoms with Crippen LogP contribution in [0.3, 0.4) is 0 Å². The van der Waals surface area contributed by atoms with E-state index in [2.05, 4.69) is 17.9 Å². The lowest BCUT2D eigenvalue weighted by Gasteiger charge is -2.31. The third-order valence-corrected chi connectivity index (χ3v) is 2.70. The second-order valence-electron chi connectivity index (χ2n) is 4.20. The van der Waals surface area contributed by atoms with Crippen LogP contribution in [-0.2, 0) is 18.9 Å².